The van der Waals surface area contributed by atoms with Crippen LogP contribution in [0.15, 0.2) is 9.66 Å². The first-order chi connectivity index (χ1) is 6.91. The molecule has 0 saturated heterocycles. The van der Waals surface area contributed by atoms with Gasteiger partial charge in [0.2, 0.25) is 0 Å². The van der Waals surface area contributed by atoms with E-state index in [2.05, 4.69) is 4.74 Å². The summed E-state index contributed by atoms with van der Waals surface area (Å²) in [6.07, 6.45) is -12.2. The average molecular weight is 368 g/mol. The maximum atomic E-state index is 13.0. The molecule has 0 saturated carbocycles. The molecule has 0 aliphatic rings. The van der Waals surface area contributed by atoms with Crippen LogP contribution in [-0.2, 0) is 4.74 Å². The SMILES string of the molecule is OC/C(I)=C/C(F)(OC(F)(F)F)C(F)(F)F. The summed E-state index contributed by atoms with van der Waals surface area (Å²) >= 11 is 1.05. The minimum absolute atomic E-state index is 0.485. The lowest BCUT2D eigenvalue weighted by molar-refractivity contribution is -0.432. The first-order valence-electron chi connectivity index (χ1n) is 3.42. The van der Waals surface area contributed by atoms with Gasteiger partial charge in [-0.2, -0.15) is 17.6 Å². The highest BCUT2D eigenvalue weighted by Crippen LogP contribution is 2.41. The summed E-state index contributed by atoms with van der Waals surface area (Å²) in [5, 5.41) is 8.32. The number of ether oxygens (including phenoxy) is 1. The van der Waals surface area contributed by atoms with Crippen LogP contribution in [0.2, 0.25) is 0 Å². The van der Waals surface area contributed by atoms with Crippen molar-refractivity contribution in [3.63, 3.8) is 0 Å². The molecule has 10 heteroatoms. The van der Waals surface area contributed by atoms with Crippen molar-refractivity contribution in [3.05, 3.63) is 9.66 Å². The zero-order valence-corrected chi connectivity index (χ0v) is 9.32. The molecule has 0 spiro atoms. The monoisotopic (exact) mass is 368 g/mol. The summed E-state index contributed by atoms with van der Waals surface area (Å²) in [7, 11) is 0. The van der Waals surface area contributed by atoms with Crippen LogP contribution in [0.25, 0.3) is 0 Å². The lowest BCUT2D eigenvalue weighted by Gasteiger charge is -2.25. The minimum Gasteiger partial charge on any atom is -0.391 e. The van der Waals surface area contributed by atoms with Crippen LogP contribution in [0.1, 0.15) is 0 Å². The van der Waals surface area contributed by atoms with Gasteiger partial charge < -0.3 is 5.11 Å². The van der Waals surface area contributed by atoms with Crippen LogP contribution in [0, 0.1) is 0 Å². The van der Waals surface area contributed by atoms with Crippen molar-refractivity contribution in [1.82, 2.24) is 0 Å². The minimum atomic E-state index is -5.91. The van der Waals surface area contributed by atoms with Crippen molar-refractivity contribution in [2.45, 2.75) is 18.4 Å². The Hall–Kier alpha value is -0.100. The van der Waals surface area contributed by atoms with Crippen LogP contribution in [-0.4, -0.2) is 30.1 Å². The molecule has 2 nitrogen and oxygen atoms in total. The lowest BCUT2D eigenvalue weighted by atomic mass is 10.2. The molecule has 1 atom stereocenters. The van der Waals surface area contributed by atoms with Gasteiger partial charge in [-0.15, -0.1) is 13.2 Å². The highest BCUT2D eigenvalue weighted by molar-refractivity contribution is 14.1. The largest absolute Gasteiger partial charge is 0.525 e. The fraction of sp³-hybridized carbons (Fsp3) is 0.667. The smallest absolute Gasteiger partial charge is 0.391 e. The molecule has 0 aromatic rings. The standard InChI is InChI=1S/C6H4F7IO2/c7-4(5(8,9)10,1-3(14)2-15)16-6(11,12)13/h1,15H,2H2/b3-1-. The molecule has 0 bridgehead atoms. The molecular weight excluding hydrogens is 364 g/mol. The molecule has 0 aromatic heterocycles. The molecule has 1 unspecified atom stereocenters. The van der Waals surface area contributed by atoms with E-state index in [1.54, 1.807) is 0 Å². The number of hydrogen-bond donors (Lipinski definition) is 1. The number of aliphatic hydroxyl groups excluding tert-OH is 1. The van der Waals surface area contributed by atoms with Gasteiger partial charge in [0.1, 0.15) is 0 Å². The number of halogens is 8. The maximum absolute atomic E-state index is 13.0. The maximum Gasteiger partial charge on any atom is 0.525 e. The Balaban J connectivity index is 5.22. The Labute approximate surface area is 98.2 Å². The van der Waals surface area contributed by atoms with E-state index < -0.39 is 34.7 Å². The predicted octanol–water partition coefficient (Wildman–Crippen LogP) is 3.06. The van der Waals surface area contributed by atoms with E-state index in [0.717, 1.165) is 22.6 Å². The van der Waals surface area contributed by atoms with Crippen LogP contribution >= 0.6 is 22.6 Å². The van der Waals surface area contributed by atoms with E-state index in [0.29, 0.717) is 0 Å². The predicted molar refractivity (Wildman–Crippen MR) is 46.2 cm³/mol. The number of alkyl halides is 7. The third-order valence-electron chi connectivity index (χ3n) is 1.14. The third kappa shape index (κ3) is 4.82. The van der Waals surface area contributed by atoms with Gasteiger partial charge in [0.25, 0.3) is 0 Å². The molecule has 1 N–H and O–H groups in total. The number of aliphatic hydroxyl groups is 1. The van der Waals surface area contributed by atoms with Crippen molar-refractivity contribution in [2.24, 2.45) is 0 Å². The van der Waals surface area contributed by atoms with Gasteiger partial charge in [-0.3, -0.25) is 0 Å². The van der Waals surface area contributed by atoms with Crippen molar-refractivity contribution < 1.29 is 40.6 Å². The molecule has 0 heterocycles. The van der Waals surface area contributed by atoms with Crippen molar-refractivity contribution >= 4 is 22.6 Å². The van der Waals surface area contributed by atoms with E-state index in [4.69, 9.17) is 5.11 Å². The Morgan fingerprint density at radius 2 is 1.56 bits per heavy atom. The zero-order chi connectivity index (χ0) is 13.2. The van der Waals surface area contributed by atoms with Gasteiger partial charge in [-0.25, -0.2) is 4.74 Å². The Kier molecular flexibility index (Phi) is 5.01. The lowest BCUT2D eigenvalue weighted by Crippen LogP contribution is -2.45. The van der Waals surface area contributed by atoms with Gasteiger partial charge in [-0.05, 0) is 22.6 Å². The van der Waals surface area contributed by atoms with E-state index >= 15 is 0 Å². The summed E-state index contributed by atoms with van der Waals surface area (Å²) in [5.41, 5.74) is 0. The first-order valence-corrected chi connectivity index (χ1v) is 4.50. The second kappa shape index (κ2) is 5.04. The second-order valence-electron chi connectivity index (χ2n) is 2.44. The molecule has 16 heavy (non-hydrogen) atoms. The van der Waals surface area contributed by atoms with E-state index in [9.17, 15) is 30.7 Å². The zero-order valence-electron chi connectivity index (χ0n) is 7.16. The Morgan fingerprint density at radius 1 is 1.12 bits per heavy atom. The van der Waals surface area contributed by atoms with Crippen molar-refractivity contribution in [2.75, 3.05) is 6.61 Å². The molecular formula is C6H4F7IO2. The second-order valence-corrected chi connectivity index (χ2v) is 3.83. The van der Waals surface area contributed by atoms with E-state index in [1.807, 2.05) is 0 Å². The molecule has 0 aliphatic carbocycles. The number of hydrogen-bond acceptors (Lipinski definition) is 2. The van der Waals surface area contributed by atoms with E-state index in [-0.39, 0.29) is 0 Å². The summed E-state index contributed by atoms with van der Waals surface area (Å²) in [4.78, 5) is 0. The Morgan fingerprint density at radius 3 is 1.81 bits per heavy atom. The highest BCUT2D eigenvalue weighted by Gasteiger charge is 2.61. The van der Waals surface area contributed by atoms with Crippen molar-refractivity contribution in [1.29, 1.82) is 0 Å². The van der Waals surface area contributed by atoms with Crippen LogP contribution in [0.4, 0.5) is 30.7 Å². The first kappa shape index (κ1) is 15.9. The molecule has 0 aromatic carbocycles. The third-order valence-corrected chi connectivity index (χ3v) is 1.80. The van der Waals surface area contributed by atoms with Gasteiger partial charge in [0.05, 0.1) is 6.61 Å². The summed E-state index contributed by atoms with van der Waals surface area (Å²) in [6.45, 7) is -1.04. The summed E-state index contributed by atoms with van der Waals surface area (Å²) in [6, 6.07) is 0. The molecule has 0 rings (SSSR count). The molecule has 0 amide bonds. The van der Waals surface area contributed by atoms with Crippen molar-refractivity contribution in [3.8, 4) is 0 Å². The fourth-order valence-electron chi connectivity index (χ4n) is 0.585. The van der Waals surface area contributed by atoms with Crippen LogP contribution in [0.5, 0.6) is 0 Å². The van der Waals surface area contributed by atoms with Gasteiger partial charge in [-0.1, -0.05) is 0 Å². The van der Waals surface area contributed by atoms with Gasteiger partial charge >= 0.3 is 18.4 Å². The topological polar surface area (TPSA) is 29.5 Å². The Bertz CT molecular complexity index is 271. The molecule has 0 aliphatic heterocycles. The summed E-state index contributed by atoms with van der Waals surface area (Å²) in [5.74, 6) is -5.01. The fourth-order valence-corrected chi connectivity index (χ4v) is 0.985. The molecule has 0 fully saturated rings. The molecule has 96 valence electrons. The average Bonchev–Trinajstić information content (AvgIpc) is 1.98. The highest BCUT2D eigenvalue weighted by atomic mass is 127. The van der Waals surface area contributed by atoms with E-state index in [1.165, 1.54) is 0 Å². The molecule has 0 radical (unpaired) electrons. The van der Waals surface area contributed by atoms with Crippen LogP contribution < -0.4 is 0 Å². The van der Waals surface area contributed by atoms with Gasteiger partial charge in [0.15, 0.2) is 0 Å². The summed E-state index contributed by atoms with van der Waals surface area (Å²) < 4.78 is 85.4. The van der Waals surface area contributed by atoms with Gasteiger partial charge in [0, 0.05) is 9.66 Å². The quantitative estimate of drug-likeness (QED) is 0.613. The number of rotatable bonds is 3. The normalized spacial score (nSPS) is 18.4. The van der Waals surface area contributed by atoms with Crippen LogP contribution in [0.3, 0.4) is 0 Å².